The Morgan fingerprint density at radius 2 is 1.86 bits per heavy atom. The second-order valence-electron chi connectivity index (χ2n) is 11.7. The Labute approximate surface area is 251 Å². The third kappa shape index (κ3) is 5.07. The van der Waals surface area contributed by atoms with E-state index in [-0.39, 0.29) is 16.6 Å². The van der Waals surface area contributed by atoms with E-state index >= 15 is 4.39 Å². The molecule has 0 spiro atoms. The van der Waals surface area contributed by atoms with E-state index in [1.807, 2.05) is 6.07 Å². The molecule has 0 bridgehead atoms. The molecule has 1 saturated carbocycles. The van der Waals surface area contributed by atoms with E-state index in [1.165, 1.54) is 21.4 Å². The molecule has 1 fully saturated rings. The van der Waals surface area contributed by atoms with Crippen LogP contribution in [-0.2, 0) is 23.9 Å². The summed E-state index contributed by atoms with van der Waals surface area (Å²) < 4.78 is 17.9. The van der Waals surface area contributed by atoms with Crippen molar-refractivity contribution in [3.63, 3.8) is 0 Å². The van der Waals surface area contributed by atoms with Crippen molar-refractivity contribution in [1.29, 1.82) is 0 Å². The van der Waals surface area contributed by atoms with Crippen LogP contribution < -0.4 is 16.4 Å². The van der Waals surface area contributed by atoms with Gasteiger partial charge >= 0.3 is 5.97 Å². The standard InChI is InChI=1S/C34H31FN4O5/c1-34(2,33(43)44)23-9-10-29(36-16-23)37-27-15-22(17-38(3)31(27)41)24-5-4-6-28(25(24)18-40)39-12-11-20-13-21(19-7-8-19)14-26(35)30(20)32(39)42/h4-6,9-17,19,40H,7-8,18H2,1-3H3,(H,36,37)(H,43,44). The Morgan fingerprint density at radius 1 is 1.09 bits per heavy atom. The predicted molar refractivity (Wildman–Crippen MR) is 166 cm³/mol. The summed E-state index contributed by atoms with van der Waals surface area (Å²) in [6.45, 7) is 2.74. The van der Waals surface area contributed by atoms with E-state index in [1.54, 1.807) is 75.8 Å². The van der Waals surface area contributed by atoms with Crippen LogP contribution in [0, 0.1) is 5.82 Å². The lowest BCUT2D eigenvalue weighted by molar-refractivity contribution is -0.142. The van der Waals surface area contributed by atoms with Gasteiger partial charge in [-0.2, -0.15) is 0 Å². The number of rotatable bonds is 8. The number of hydrogen-bond acceptors (Lipinski definition) is 6. The molecule has 2 aromatic carbocycles. The number of halogens is 1. The number of aliphatic hydroxyl groups is 1. The molecule has 0 atom stereocenters. The number of carbonyl (C=O) groups is 1. The maximum absolute atomic E-state index is 15.2. The molecule has 3 heterocycles. The number of anilines is 2. The molecular formula is C34H31FN4O5. The second kappa shape index (κ2) is 10.9. The number of aliphatic carboxylic acids is 1. The summed E-state index contributed by atoms with van der Waals surface area (Å²) in [6, 6.07) is 15.1. The highest BCUT2D eigenvalue weighted by Gasteiger charge is 2.30. The zero-order valence-corrected chi connectivity index (χ0v) is 24.5. The number of carboxylic acid groups (broad SMARTS) is 1. The van der Waals surface area contributed by atoms with Crippen LogP contribution in [0.3, 0.4) is 0 Å². The summed E-state index contributed by atoms with van der Waals surface area (Å²) in [7, 11) is 1.60. The first-order valence-corrected chi connectivity index (χ1v) is 14.3. The predicted octanol–water partition coefficient (Wildman–Crippen LogP) is 5.37. The fourth-order valence-corrected chi connectivity index (χ4v) is 5.48. The van der Waals surface area contributed by atoms with Gasteiger partial charge in [0.1, 0.15) is 17.3 Å². The topological polar surface area (TPSA) is 126 Å². The SMILES string of the molecule is Cn1cc(-c2cccc(-n3ccc4cc(C5CC5)cc(F)c4c3=O)c2CO)cc(Nc2ccc(C(C)(C)C(=O)O)cn2)c1=O. The minimum absolute atomic E-state index is 0.00922. The molecule has 0 aliphatic heterocycles. The Kier molecular flexibility index (Phi) is 7.17. The number of nitrogens with one attached hydrogen (secondary N) is 1. The molecule has 1 aliphatic carbocycles. The number of hydrogen-bond donors (Lipinski definition) is 3. The highest BCUT2D eigenvalue weighted by atomic mass is 19.1. The van der Waals surface area contributed by atoms with Gasteiger partial charge in [-0.25, -0.2) is 9.37 Å². The van der Waals surface area contributed by atoms with Crippen LogP contribution >= 0.6 is 0 Å². The highest BCUT2D eigenvalue weighted by molar-refractivity contribution is 5.84. The third-order valence-corrected chi connectivity index (χ3v) is 8.37. The lowest BCUT2D eigenvalue weighted by Gasteiger charge is -2.19. The van der Waals surface area contributed by atoms with Crippen molar-refractivity contribution in [3.05, 3.63) is 116 Å². The fourth-order valence-electron chi connectivity index (χ4n) is 5.48. The average Bonchev–Trinajstić information content (AvgIpc) is 3.85. The van der Waals surface area contributed by atoms with E-state index in [0.717, 1.165) is 18.4 Å². The van der Waals surface area contributed by atoms with Gasteiger partial charge in [-0.15, -0.1) is 0 Å². The molecule has 224 valence electrons. The van der Waals surface area contributed by atoms with Crippen LogP contribution in [0.25, 0.3) is 27.6 Å². The van der Waals surface area contributed by atoms with E-state index < -0.39 is 29.4 Å². The van der Waals surface area contributed by atoms with Gasteiger partial charge < -0.3 is 20.1 Å². The summed E-state index contributed by atoms with van der Waals surface area (Å²) >= 11 is 0. The zero-order valence-electron chi connectivity index (χ0n) is 24.5. The van der Waals surface area contributed by atoms with Crippen molar-refractivity contribution < 1.29 is 19.4 Å². The number of aryl methyl sites for hydroxylation is 1. The number of aromatic nitrogens is 3. The van der Waals surface area contributed by atoms with Crippen LogP contribution in [0.5, 0.6) is 0 Å². The van der Waals surface area contributed by atoms with E-state index in [0.29, 0.717) is 45.1 Å². The van der Waals surface area contributed by atoms with Crippen LogP contribution in [0.1, 0.15) is 49.3 Å². The molecule has 1 aliphatic rings. The summed E-state index contributed by atoms with van der Waals surface area (Å²) in [6.07, 6.45) is 6.71. The van der Waals surface area contributed by atoms with Gasteiger partial charge in [-0.1, -0.05) is 24.3 Å². The van der Waals surface area contributed by atoms with E-state index in [9.17, 15) is 24.6 Å². The van der Waals surface area contributed by atoms with Gasteiger partial charge in [0.25, 0.3) is 11.1 Å². The molecule has 0 saturated heterocycles. The van der Waals surface area contributed by atoms with Gasteiger partial charge in [-0.05, 0) is 85.0 Å². The molecule has 10 heteroatoms. The second-order valence-corrected chi connectivity index (χ2v) is 11.7. The van der Waals surface area contributed by atoms with Crippen molar-refractivity contribution in [2.45, 2.75) is 44.6 Å². The molecular weight excluding hydrogens is 563 g/mol. The Hall–Kier alpha value is -5.09. The largest absolute Gasteiger partial charge is 0.481 e. The molecule has 0 unspecified atom stereocenters. The maximum Gasteiger partial charge on any atom is 0.313 e. The fraction of sp³-hybridized carbons (Fsp3) is 0.235. The van der Waals surface area contributed by atoms with E-state index in [2.05, 4.69) is 10.3 Å². The lowest BCUT2D eigenvalue weighted by atomic mass is 9.86. The van der Waals surface area contributed by atoms with Crippen molar-refractivity contribution in [2.24, 2.45) is 7.05 Å². The van der Waals surface area contributed by atoms with Gasteiger partial charge in [0.2, 0.25) is 0 Å². The summed E-state index contributed by atoms with van der Waals surface area (Å²) in [5.74, 6) is -0.862. The van der Waals surface area contributed by atoms with Crippen molar-refractivity contribution >= 4 is 28.2 Å². The van der Waals surface area contributed by atoms with Crippen LogP contribution in [0.15, 0.2) is 82.8 Å². The molecule has 0 amide bonds. The molecule has 44 heavy (non-hydrogen) atoms. The van der Waals surface area contributed by atoms with Gasteiger partial charge in [-0.3, -0.25) is 19.0 Å². The normalized spacial score (nSPS) is 13.3. The summed E-state index contributed by atoms with van der Waals surface area (Å²) in [5.41, 5.74) is 1.59. The molecule has 3 aromatic heterocycles. The van der Waals surface area contributed by atoms with Crippen molar-refractivity contribution in [3.8, 4) is 16.8 Å². The summed E-state index contributed by atoms with van der Waals surface area (Å²) in [4.78, 5) is 42.6. The minimum atomic E-state index is -1.13. The Bertz CT molecular complexity index is 2060. The third-order valence-electron chi connectivity index (χ3n) is 8.37. The van der Waals surface area contributed by atoms with Crippen LogP contribution in [0.4, 0.5) is 15.9 Å². The number of nitrogens with zero attached hydrogens (tertiary/aromatic N) is 3. The first kappa shape index (κ1) is 29.0. The number of aliphatic hydroxyl groups excluding tert-OH is 1. The number of benzene rings is 2. The van der Waals surface area contributed by atoms with Crippen molar-refractivity contribution in [2.75, 3.05) is 5.32 Å². The first-order chi connectivity index (χ1) is 21.0. The quantitative estimate of drug-likeness (QED) is 0.221. The Morgan fingerprint density at radius 3 is 2.52 bits per heavy atom. The number of fused-ring (bicyclic) bond motifs is 1. The van der Waals surface area contributed by atoms with Crippen LogP contribution in [0.2, 0.25) is 0 Å². The first-order valence-electron chi connectivity index (χ1n) is 14.3. The van der Waals surface area contributed by atoms with Gasteiger partial charge in [0.05, 0.1) is 23.1 Å². The highest BCUT2D eigenvalue weighted by Crippen LogP contribution is 2.41. The van der Waals surface area contributed by atoms with Gasteiger partial charge in [0.15, 0.2) is 0 Å². The molecule has 6 rings (SSSR count). The van der Waals surface area contributed by atoms with Crippen LogP contribution in [-0.4, -0.2) is 30.3 Å². The molecule has 9 nitrogen and oxygen atoms in total. The molecule has 3 N–H and O–H groups in total. The minimum Gasteiger partial charge on any atom is -0.481 e. The van der Waals surface area contributed by atoms with Crippen molar-refractivity contribution in [1.82, 2.24) is 14.1 Å². The molecule has 0 radical (unpaired) electrons. The van der Waals surface area contributed by atoms with E-state index in [4.69, 9.17) is 0 Å². The molecule has 5 aromatic rings. The average molecular weight is 595 g/mol. The zero-order chi connectivity index (χ0) is 31.3. The number of carboxylic acids is 1. The summed E-state index contributed by atoms with van der Waals surface area (Å²) in [5, 5.41) is 23.6. The number of pyridine rings is 3. The Balaban J connectivity index is 1.40. The lowest BCUT2D eigenvalue weighted by Crippen LogP contribution is -2.28. The monoisotopic (exact) mass is 594 g/mol. The van der Waals surface area contributed by atoms with Gasteiger partial charge in [0, 0.05) is 36.8 Å². The smallest absolute Gasteiger partial charge is 0.313 e. The maximum atomic E-state index is 15.2.